The average molecular weight is 286 g/mol. The monoisotopic (exact) mass is 286 g/mol. The molecule has 0 radical (unpaired) electrons. The first-order valence-corrected chi connectivity index (χ1v) is 7.47. The second kappa shape index (κ2) is 9.96. The van der Waals surface area contributed by atoms with Gasteiger partial charge in [-0.2, -0.15) is 0 Å². The number of nitrogens with zero attached hydrogens (tertiary/aromatic N) is 2. The molecule has 2 unspecified atom stereocenters. The molecule has 0 saturated carbocycles. The molecule has 1 rings (SSSR count). The largest absolute Gasteiger partial charge is 0.383 e. The summed E-state index contributed by atoms with van der Waals surface area (Å²) in [5.74, 6) is 0.839. The zero-order valence-electron chi connectivity index (χ0n) is 13.3. The first-order chi connectivity index (χ1) is 9.65. The zero-order chi connectivity index (χ0) is 14.8. The van der Waals surface area contributed by atoms with E-state index < -0.39 is 0 Å². The maximum Gasteiger partial charge on any atom is 0.191 e. The van der Waals surface area contributed by atoms with Crippen molar-refractivity contribution in [2.45, 2.75) is 32.5 Å². The Hall–Kier alpha value is -0.850. The molecule has 0 aromatic heterocycles. The van der Waals surface area contributed by atoms with Gasteiger partial charge in [-0.3, -0.25) is 9.89 Å². The lowest BCUT2D eigenvalue weighted by atomic mass is 10.2. The summed E-state index contributed by atoms with van der Waals surface area (Å²) in [7, 11) is 3.48. The van der Waals surface area contributed by atoms with Gasteiger partial charge in [-0.15, -0.1) is 0 Å². The minimum absolute atomic E-state index is 0.343. The number of nitrogens with one attached hydrogen (secondary N) is 2. The van der Waals surface area contributed by atoms with E-state index in [9.17, 15) is 0 Å². The van der Waals surface area contributed by atoms with Gasteiger partial charge in [-0.1, -0.05) is 0 Å². The van der Waals surface area contributed by atoms with Crippen LogP contribution in [0.15, 0.2) is 4.99 Å². The Morgan fingerprint density at radius 3 is 2.50 bits per heavy atom. The Kier molecular flexibility index (Phi) is 8.57. The second-order valence-electron chi connectivity index (χ2n) is 5.29. The lowest BCUT2D eigenvalue weighted by Crippen LogP contribution is -2.46. The second-order valence-corrected chi connectivity index (χ2v) is 5.29. The van der Waals surface area contributed by atoms with Crippen molar-refractivity contribution in [3.63, 3.8) is 0 Å². The molecule has 0 amide bonds. The van der Waals surface area contributed by atoms with Gasteiger partial charge < -0.3 is 20.1 Å². The van der Waals surface area contributed by atoms with Crippen LogP contribution in [-0.4, -0.2) is 76.6 Å². The van der Waals surface area contributed by atoms with Crippen LogP contribution in [0.2, 0.25) is 0 Å². The van der Waals surface area contributed by atoms with E-state index in [-0.39, 0.29) is 0 Å². The quantitative estimate of drug-likeness (QED) is 0.400. The van der Waals surface area contributed by atoms with Crippen molar-refractivity contribution in [1.29, 1.82) is 0 Å². The van der Waals surface area contributed by atoms with Gasteiger partial charge in [0.15, 0.2) is 5.96 Å². The van der Waals surface area contributed by atoms with Gasteiger partial charge in [-0.05, 0) is 20.3 Å². The van der Waals surface area contributed by atoms with E-state index in [2.05, 4.69) is 34.4 Å². The molecular weight excluding hydrogens is 256 g/mol. The summed E-state index contributed by atoms with van der Waals surface area (Å²) in [6.07, 6.45) is 1.79. The van der Waals surface area contributed by atoms with E-state index in [1.807, 2.05) is 0 Å². The highest BCUT2D eigenvalue weighted by Crippen LogP contribution is 2.10. The van der Waals surface area contributed by atoms with Gasteiger partial charge in [0.1, 0.15) is 0 Å². The summed E-state index contributed by atoms with van der Waals surface area (Å²) < 4.78 is 10.7. The van der Waals surface area contributed by atoms with Gasteiger partial charge >= 0.3 is 0 Å². The molecule has 118 valence electrons. The van der Waals surface area contributed by atoms with Crippen LogP contribution in [0.5, 0.6) is 0 Å². The molecule has 1 aliphatic rings. The lowest BCUT2D eigenvalue weighted by molar-refractivity contribution is -0.0679. The molecule has 1 saturated heterocycles. The smallest absolute Gasteiger partial charge is 0.191 e. The Labute approximate surface area is 122 Å². The number of hydrogen-bond acceptors (Lipinski definition) is 4. The first kappa shape index (κ1) is 17.2. The van der Waals surface area contributed by atoms with Crippen LogP contribution in [0, 0.1) is 0 Å². The minimum Gasteiger partial charge on any atom is -0.383 e. The highest BCUT2D eigenvalue weighted by molar-refractivity contribution is 5.79. The van der Waals surface area contributed by atoms with Crippen LogP contribution >= 0.6 is 0 Å². The fourth-order valence-corrected chi connectivity index (χ4v) is 2.47. The van der Waals surface area contributed by atoms with Crippen LogP contribution in [0.3, 0.4) is 0 Å². The third kappa shape index (κ3) is 7.07. The van der Waals surface area contributed by atoms with E-state index in [1.54, 1.807) is 14.2 Å². The molecule has 2 N–H and O–H groups in total. The predicted molar refractivity (Wildman–Crippen MR) is 82.3 cm³/mol. The van der Waals surface area contributed by atoms with Gasteiger partial charge in [0.05, 0.1) is 18.8 Å². The van der Waals surface area contributed by atoms with Crippen molar-refractivity contribution < 1.29 is 9.47 Å². The molecule has 0 aromatic rings. The number of guanidine groups is 1. The summed E-state index contributed by atoms with van der Waals surface area (Å²) in [5, 5.41) is 6.52. The summed E-state index contributed by atoms with van der Waals surface area (Å²) >= 11 is 0. The van der Waals surface area contributed by atoms with Gasteiger partial charge in [0.25, 0.3) is 0 Å². The Bertz CT molecular complexity index is 276. The Balaban J connectivity index is 2.11. The fourth-order valence-electron chi connectivity index (χ4n) is 2.47. The SMILES string of the molecule is CN=C(NCCCN1CC(C)OC(C)C1)NCCOC. The average Bonchev–Trinajstić information content (AvgIpc) is 2.40. The Morgan fingerprint density at radius 2 is 1.90 bits per heavy atom. The summed E-state index contributed by atoms with van der Waals surface area (Å²) in [5.41, 5.74) is 0. The molecule has 6 heteroatoms. The van der Waals surface area contributed by atoms with E-state index in [1.165, 1.54) is 0 Å². The van der Waals surface area contributed by atoms with Gasteiger partial charge in [0, 0.05) is 46.9 Å². The number of hydrogen-bond donors (Lipinski definition) is 2. The lowest BCUT2D eigenvalue weighted by Gasteiger charge is -2.35. The van der Waals surface area contributed by atoms with Crippen LogP contribution < -0.4 is 10.6 Å². The predicted octanol–water partition coefficient (Wildman–Crippen LogP) is 0.297. The highest BCUT2D eigenvalue weighted by atomic mass is 16.5. The van der Waals surface area contributed by atoms with Crippen LogP contribution in [0.1, 0.15) is 20.3 Å². The van der Waals surface area contributed by atoms with Crippen molar-refractivity contribution in [1.82, 2.24) is 15.5 Å². The van der Waals surface area contributed by atoms with Crippen LogP contribution in [0.4, 0.5) is 0 Å². The maximum atomic E-state index is 5.73. The molecule has 2 atom stereocenters. The van der Waals surface area contributed by atoms with Crippen LogP contribution in [-0.2, 0) is 9.47 Å². The first-order valence-electron chi connectivity index (χ1n) is 7.47. The molecule has 1 heterocycles. The molecule has 20 heavy (non-hydrogen) atoms. The van der Waals surface area contributed by atoms with Gasteiger partial charge in [-0.25, -0.2) is 0 Å². The fraction of sp³-hybridized carbons (Fsp3) is 0.929. The van der Waals surface area contributed by atoms with E-state index >= 15 is 0 Å². The molecule has 1 fully saturated rings. The highest BCUT2D eigenvalue weighted by Gasteiger charge is 2.21. The molecule has 0 aliphatic carbocycles. The topological polar surface area (TPSA) is 58.1 Å². The van der Waals surface area contributed by atoms with Crippen LogP contribution in [0.25, 0.3) is 0 Å². The third-order valence-electron chi connectivity index (χ3n) is 3.26. The zero-order valence-corrected chi connectivity index (χ0v) is 13.3. The number of rotatable bonds is 7. The summed E-state index contributed by atoms with van der Waals surface area (Å²) in [6, 6.07) is 0. The Morgan fingerprint density at radius 1 is 1.25 bits per heavy atom. The minimum atomic E-state index is 0.343. The number of ether oxygens (including phenoxy) is 2. The van der Waals surface area contributed by atoms with E-state index in [0.29, 0.717) is 18.8 Å². The van der Waals surface area contributed by atoms with Crippen molar-refractivity contribution in [2.75, 3.05) is 53.5 Å². The third-order valence-corrected chi connectivity index (χ3v) is 3.26. The van der Waals surface area contributed by atoms with Gasteiger partial charge in [0.2, 0.25) is 0 Å². The van der Waals surface area contributed by atoms with Crippen molar-refractivity contribution in [3.05, 3.63) is 0 Å². The molecule has 6 nitrogen and oxygen atoms in total. The molecule has 0 aromatic carbocycles. The van der Waals surface area contributed by atoms with Crippen molar-refractivity contribution in [2.24, 2.45) is 4.99 Å². The molecular formula is C14H30N4O2. The number of aliphatic imine (C=N–C) groups is 1. The van der Waals surface area contributed by atoms with E-state index in [0.717, 1.165) is 45.1 Å². The number of methoxy groups -OCH3 is 1. The van der Waals surface area contributed by atoms with Crippen molar-refractivity contribution >= 4 is 5.96 Å². The molecule has 0 spiro atoms. The van der Waals surface area contributed by atoms with Crippen molar-refractivity contribution in [3.8, 4) is 0 Å². The normalized spacial score (nSPS) is 24.7. The number of morpholine rings is 1. The van der Waals surface area contributed by atoms with E-state index in [4.69, 9.17) is 9.47 Å². The summed E-state index contributed by atoms with van der Waals surface area (Å²) in [6.45, 7) is 9.83. The summed E-state index contributed by atoms with van der Waals surface area (Å²) in [4.78, 5) is 6.65. The maximum absolute atomic E-state index is 5.73. The standard InChI is InChI=1S/C14H30N4O2/c1-12-10-18(11-13(2)20-12)8-5-6-16-14(15-3)17-7-9-19-4/h12-13H,5-11H2,1-4H3,(H2,15,16,17). The molecule has 1 aliphatic heterocycles. The molecule has 0 bridgehead atoms.